The summed E-state index contributed by atoms with van der Waals surface area (Å²) in [6, 6.07) is 4.54. The Morgan fingerprint density at radius 1 is 1.20 bits per heavy atom. The molecule has 0 bridgehead atoms. The minimum absolute atomic E-state index is 0.753. The number of nitrogens with one attached hydrogen (secondary N) is 1. The highest BCUT2D eigenvalue weighted by atomic mass is 79.9. The molecule has 1 N–H and O–H groups in total. The number of benzene rings is 1. The Labute approximate surface area is 100 Å². The second-order valence-electron chi connectivity index (χ2n) is 4.43. The van der Waals surface area contributed by atoms with Crippen molar-refractivity contribution in [2.45, 2.75) is 32.6 Å². The average Bonchev–Trinajstić information content (AvgIpc) is 2.27. The molecule has 82 valence electrons. The van der Waals surface area contributed by atoms with Gasteiger partial charge in [-0.05, 0) is 62.4 Å². The summed E-state index contributed by atoms with van der Waals surface area (Å²) in [5, 5.41) is 3.42. The van der Waals surface area contributed by atoms with Crippen LogP contribution in [0.25, 0.3) is 0 Å². The van der Waals surface area contributed by atoms with E-state index in [-0.39, 0.29) is 0 Å². The van der Waals surface area contributed by atoms with Gasteiger partial charge in [-0.1, -0.05) is 28.1 Å². The lowest BCUT2D eigenvalue weighted by molar-refractivity contribution is 0.459. The molecule has 15 heavy (non-hydrogen) atoms. The first kappa shape index (κ1) is 11.2. The van der Waals surface area contributed by atoms with Crippen LogP contribution in [-0.4, -0.2) is 13.1 Å². The molecule has 1 saturated heterocycles. The lowest BCUT2D eigenvalue weighted by Crippen LogP contribution is -2.27. The van der Waals surface area contributed by atoms with Crippen molar-refractivity contribution in [3.05, 3.63) is 33.3 Å². The lowest BCUT2D eigenvalue weighted by atomic mass is 9.87. The van der Waals surface area contributed by atoms with Gasteiger partial charge >= 0.3 is 0 Å². The molecule has 0 unspecified atom stereocenters. The van der Waals surface area contributed by atoms with Crippen molar-refractivity contribution in [2.24, 2.45) is 0 Å². The van der Waals surface area contributed by atoms with Gasteiger partial charge in [-0.3, -0.25) is 0 Å². The molecule has 0 aromatic heterocycles. The van der Waals surface area contributed by atoms with E-state index in [0.717, 1.165) is 19.0 Å². The number of hydrogen-bond acceptors (Lipinski definition) is 1. The van der Waals surface area contributed by atoms with Gasteiger partial charge in [-0.25, -0.2) is 0 Å². The van der Waals surface area contributed by atoms with Crippen molar-refractivity contribution >= 4 is 15.9 Å². The molecule has 2 rings (SSSR count). The second-order valence-corrected chi connectivity index (χ2v) is 5.23. The lowest BCUT2D eigenvalue weighted by Gasteiger charge is -2.25. The minimum atomic E-state index is 0.753. The average molecular weight is 268 g/mol. The van der Waals surface area contributed by atoms with E-state index in [0.29, 0.717) is 0 Å². The first-order chi connectivity index (χ1) is 7.20. The van der Waals surface area contributed by atoms with Gasteiger partial charge in [0.05, 0.1) is 0 Å². The maximum atomic E-state index is 3.68. The summed E-state index contributed by atoms with van der Waals surface area (Å²) < 4.78 is 1.29. The highest BCUT2D eigenvalue weighted by Crippen LogP contribution is 2.32. The van der Waals surface area contributed by atoms with Gasteiger partial charge in [0.25, 0.3) is 0 Å². The standard InChI is InChI=1S/C13H18BrN/c1-9-3-4-12(10(2)13(9)14)11-5-7-15-8-6-11/h3-4,11,15H,5-8H2,1-2H3. The third-order valence-corrected chi connectivity index (χ3v) is 4.62. The van der Waals surface area contributed by atoms with Crippen LogP contribution in [0.4, 0.5) is 0 Å². The van der Waals surface area contributed by atoms with Gasteiger partial charge < -0.3 is 5.32 Å². The summed E-state index contributed by atoms with van der Waals surface area (Å²) in [5.74, 6) is 0.753. The summed E-state index contributed by atoms with van der Waals surface area (Å²) in [4.78, 5) is 0. The maximum Gasteiger partial charge on any atom is 0.0236 e. The molecule has 0 amide bonds. The van der Waals surface area contributed by atoms with E-state index in [2.05, 4.69) is 47.2 Å². The largest absolute Gasteiger partial charge is 0.317 e. The Morgan fingerprint density at radius 3 is 2.53 bits per heavy atom. The van der Waals surface area contributed by atoms with Crippen molar-refractivity contribution in [1.82, 2.24) is 5.32 Å². The van der Waals surface area contributed by atoms with Crippen LogP contribution in [0.1, 0.15) is 35.4 Å². The van der Waals surface area contributed by atoms with Crippen LogP contribution < -0.4 is 5.32 Å². The van der Waals surface area contributed by atoms with E-state index in [4.69, 9.17) is 0 Å². The van der Waals surface area contributed by atoms with Crippen LogP contribution in [0.15, 0.2) is 16.6 Å². The fraction of sp³-hybridized carbons (Fsp3) is 0.538. The van der Waals surface area contributed by atoms with E-state index in [1.807, 2.05) is 0 Å². The fourth-order valence-corrected chi connectivity index (χ4v) is 2.77. The van der Waals surface area contributed by atoms with Crippen molar-refractivity contribution in [2.75, 3.05) is 13.1 Å². The normalized spacial score (nSPS) is 18.1. The van der Waals surface area contributed by atoms with Gasteiger partial charge in [-0.2, -0.15) is 0 Å². The zero-order valence-corrected chi connectivity index (χ0v) is 11.0. The number of rotatable bonds is 1. The third kappa shape index (κ3) is 2.26. The summed E-state index contributed by atoms with van der Waals surface area (Å²) >= 11 is 3.68. The van der Waals surface area contributed by atoms with Gasteiger partial charge in [0.2, 0.25) is 0 Å². The van der Waals surface area contributed by atoms with Crippen LogP contribution in [0, 0.1) is 13.8 Å². The molecule has 1 nitrogen and oxygen atoms in total. The molecule has 0 saturated carbocycles. The first-order valence-electron chi connectivity index (χ1n) is 5.66. The Morgan fingerprint density at radius 2 is 1.87 bits per heavy atom. The van der Waals surface area contributed by atoms with Crippen LogP contribution in [0.5, 0.6) is 0 Å². The molecule has 0 atom stereocenters. The first-order valence-corrected chi connectivity index (χ1v) is 6.45. The van der Waals surface area contributed by atoms with Gasteiger partial charge in [-0.15, -0.1) is 0 Å². The molecule has 1 heterocycles. The SMILES string of the molecule is Cc1ccc(C2CCNCC2)c(C)c1Br. The van der Waals surface area contributed by atoms with Crippen molar-refractivity contribution < 1.29 is 0 Å². The number of hydrogen-bond donors (Lipinski definition) is 1. The molecule has 2 heteroatoms. The second kappa shape index (κ2) is 4.67. The van der Waals surface area contributed by atoms with Crippen molar-refractivity contribution in [3.8, 4) is 0 Å². The Balaban J connectivity index is 2.31. The topological polar surface area (TPSA) is 12.0 Å². The predicted octanol–water partition coefficient (Wildman–Crippen LogP) is 3.53. The molecule has 1 aliphatic heterocycles. The number of piperidine rings is 1. The van der Waals surface area contributed by atoms with E-state index in [9.17, 15) is 0 Å². The number of aryl methyl sites for hydroxylation is 1. The summed E-state index contributed by atoms with van der Waals surface area (Å²) in [6.07, 6.45) is 2.55. The number of halogens is 1. The Bertz CT molecular complexity index is 354. The van der Waals surface area contributed by atoms with E-state index < -0.39 is 0 Å². The molecule has 0 aliphatic carbocycles. The molecular formula is C13H18BrN. The van der Waals surface area contributed by atoms with E-state index >= 15 is 0 Å². The smallest absolute Gasteiger partial charge is 0.0236 e. The zero-order chi connectivity index (χ0) is 10.8. The zero-order valence-electron chi connectivity index (χ0n) is 9.44. The molecule has 1 aromatic carbocycles. The summed E-state index contributed by atoms with van der Waals surface area (Å²) in [7, 11) is 0. The molecule has 1 aromatic rings. The molecular weight excluding hydrogens is 250 g/mol. The summed E-state index contributed by atoms with van der Waals surface area (Å²) in [6.45, 7) is 6.71. The molecule has 0 radical (unpaired) electrons. The van der Waals surface area contributed by atoms with Crippen LogP contribution in [0.2, 0.25) is 0 Å². The maximum absolute atomic E-state index is 3.68. The van der Waals surface area contributed by atoms with Crippen molar-refractivity contribution in [3.63, 3.8) is 0 Å². The highest BCUT2D eigenvalue weighted by Gasteiger charge is 2.18. The monoisotopic (exact) mass is 267 g/mol. The molecule has 1 aliphatic rings. The van der Waals surface area contributed by atoms with E-state index in [1.54, 1.807) is 0 Å². The Hall–Kier alpha value is -0.340. The minimum Gasteiger partial charge on any atom is -0.317 e. The third-order valence-electron chi connectivity index (χ3n) is 3.40. The van der Waals surface area contributed by atoms with Crippen LogP contribution in [0.3, 0.4) is 0 Å². The Kier molecular flexibility index (Phi) is 3.47. The highest BCUT2D eigenvalue weighted by molar-refractivity contribution is 9.10. The quantitative estimate of drug-likeness (QED) is 0.821. The molecule has 0 spiro atoms. The van der Waals surface area contributed by atoms with Gasteiger partial charge in [0.15, 0.2) is 0 Å². The van der Waals surface area contributed by atoms with Gasteiger partial charge in [0, 0.05) is 4.47 Å². The predicted molar refractivity (Wildman–Crippen MR) is 68.5 cm³/mol. The fourth-order valence-electron chi connectivity index (χ4n) is 2.41. The van der Waals surface area contributed by atoms with Crippen molar-refractivity contribution in [1.29, 1.82) is 0 Å². The van der Waals surface area contributed by atoms with E-state index in [1.165, 1.54) is 34.0 Å². The molecule has 1 fully saturated rings. The van der Waals surface area contributed by atoms with Gasteiger partial charge in [0.1, 0.15) is 0 Å². The summed E-state index contributed by atoms with van der Waals surface area (Å²) in [5.41, 5.74) is 4.31. The van der Waals surface area contributed by atoms with Crippen LogP contribution >= 0.6 is 15.9 Å². The van der Waals surface area contributed by atoms with Crippen LogP contribution in [-0.2, 0) is 0 Å².